The quantitative estimate of drug-likeness (QED) is 0.910. The Hall–Kier alpha value is -1.61. The standard InChI is InChI=1S/C17H23N3/c1-12-7-13(2)11-20(10-12)17-8-14(9-18)19-16-6-4-3-5-15(16)17/h3-6,8,12-13H,7,9-11,18H2,1-2H3. The van der Waals surface area contributed by atoms with Crippen molar-refractivity contribution in [2.45, 2.75) is 26.8 Å². The Bertz CT molecular complexity index is 598. The molecule has 2 aromatic rings. The van der Waals surface area contributed by atoms with Gasteiger partial charge in [0.2, 0.25) is 0 Å². The minimum Gasteiger partial charge on any atom is -0.370 e. The Balaban J connectivity index is 2.09. The molecule has 2 heterocycles. The lowest BCUT2D eigenvalue weighted by Gasteiger charge is -2.37. The fourth-order valence-electron chi connectivity index (χ4n) is 3.44. The maximum absolute atomic E-state index is 5.81. The number of piperidine rings is 1. The maximum Gasteiger partial charge on any atom is 0.0726 e. The Morgan fingerprint density at radius 1 is 1.20 bits per heavy atom. The summed E-state index contributed by atoms with van der Waals surface area (Å²) in [4.78, 5) is 7.15. The predicted octanol–water partition coefficient (Wildman–Crippen LogP) is 3.18. The monoisotopic (exact) mass is 269 g/mol. The van der Waals surface area contributed by atoms with Gasteiger partial charge in [-0.05, 0) is 30.4 Å². The molecule has 2 N–H and O–H groups in total. The zero-order chi connectivity index (χ0) is 14.1. The minimum absolute atomic E-state index is 0.497. The normalized spacial score (nSPS) is 23.2. The van der Waals surface area contributed by atoms with Crippen molar-refractivity contribution in [1.29, 1.82) is 0 Å². The molecule has 0 spiro atoms. The van der Waals surface area contributed by atoms with Gasteiger partial charge in [-0.15, -0.1) is 0 Å². The molecule has 1 aromatic carbocycles. The summed E-state index contributed by atoms with van der Waals surface area (Å²) < 4.78 is 0. The van der Waals surface area contributed by atoms with E-state index in [0.29, 0.717) is 6.54 Å². The first-order valence-corrected chi connectivity index (χ1v) is 7.51. The van der Waals surface area contributed by atoms with Gasteiger partial charge < -0.3 is 10.6 Å². The third-order valence-electron chi connectivity index (χ3n) is 4.17. The molecule has 0 saturated carbocycles. The molecule has 2 unspecified atom stereocenters. The van der Waals surface area contributed by atoms with Gasteiger partial charge in [-0.25, -0.2) is 0 Å². The van der Waals surface area contributed by atoms with Crippen molar-refractivity contribution < 1.29 is 0 Å². The van der Waals surface area contributed by atoms with Crippen molar-refractivity contribution in [3.05, 3.63) is 36.0 Å². The van der Waals surface area contributed by atoms with Crippen LogP contribution >= 0.6 is 0 Å². The molecule has 0 aliphatic carbocycles. The van der Waals surface area contributed by atoms with Crippen LogP contribution in [0.5, 0.6) is 0 Å². The fourth-order valence-corrected chi connectivity index (χ4v) is 3.44. The third kappa shape index (κ3) is 2.50. The average Bonchev–Trinajstić information content (AvgIpc) is 2.45. The number of fused-ring (bicyclic) bond motifs is 1. The highest BCUT2D eigenvalue weighted by molar-refractivity contribution is 5.92. The van der Waals surface area contributed by atoms with Gasteiger partial charge in [-0.1, -0.05) is 32.0 Å². The first kappa shape index (κ1) is 13.4. The van der Waals surface area contributed by atoms with Gasteiger partial charge in [0.05, 0.1) is 11.2 Å². The number of benzene rings is 1. The van der Waals surface area contributed by atoms with E-state index in [9.17, 15) is 0 Å². The van der Waals surface area contributed by atoms with Gasteiger partial charge in [0.15, 0.2) is 0 Å². The van der Waals surface area contributed by atoms with Crippen molar-refractivity contribution in [2.75, 3.05) is 18.0 Å². The molecule has 20 heavy (non-hydrogen) atoms. The van der Waals surface area contributed by atoms with E-state index in [0.717, 1.165) is 36.1 Å². The zero-order valence-corrected chi connectivity index (χ0v) is 12.3. The molecule has 0 bridgehead atoms. The Morgan fingerprint density at radius 3 is 2.60 bits per heavy atom. The van der Waals surface area contributed by atoms with Gasteiger partial charge >= 0.3 is 0 Å². The van der Waals surface area contributed by atoms with Crippen LogP contribution in [-0.4, -0.2) is 18.1 Å². The average molecular weight is 269 g/mol. The van der Waals surface area contributed by atoms with Crippen molar-refractivity contribution in [2.24, 2.45) is 17.6 Å². The second kappa shape index (κ2) is 5.41. The van der Waals surface area contributed by atoms with E-state index in [-0.39, 0.29) is 0 Å². The number of nitrogens with zero attached hydrogens (tertiary/aromatic N) is 2. The van der Waals surface area contributed by atoms with Crippen LogP contribution in [0.2, 0.25) is 0 Å². The summed E-state index contributed by atoms with van der Waals surface area (Å²) in [6.45, 7) is 7.44. The van der Waals surface area contributed by atoms with Crippen molar-refractivity contribution in [3.8, 4) is 0 Å². The number of nitrogens with two attached hydrogens (primary N) is 1. The molecule has 1 fully saturated rings. The summed E-state index contributed by atoms with van der Waals surface area (Å²) in [6.07, 6.45) is 1.32. The number of aromatic nitrogens is 1. The molecular weight excluding hydrogens is 246 g/mol. The van der Waals surface area contributed by atoms with Crippen LogP contribution in [0, 0.1) is 11.8 Å². The second-order valence-corrected chi connectivity index (χ2v) is 6.21. The molecule has 3 nitrogen and oxygen atoms in total. The van der Waals surface area contributed by atoms with E-state index in [1.807, 2.05) is 6.07 Å². The van der Waals surface area contributed by atoms with Crippen LogP contribution in [0.25, 0.3) is 10.9 Å². The lowest BCUT2D eigenvalue weighted by atomic mass is 9.91. The van der Waals surface area contributed by atoms with Crippen molar-refractivity contribution in [3.63, 3.8) is 0 Å². The number of rotatable bonds is 2. The molecule has 3 rings (SSSR count). The van der Waals surface area contributed by atoms with E-state index in [1.165, 1.54) is 17.5 Å². The highest BCUT2D eigenvalue weighted by atomic mass is 15.1. The van der Waals surface area contributed by atoms with E-state index in [1.54, 1.807) is 0 Å². The summed E-state index contributed by atoms with van der Waals surface area (Å²) in [5.74, 6) is 1.49. The van der Waals surface area contributed by atoms with Crippen molar-refractivity contribution in [1.82, 2.24) is 4.98 Å². The van der Waals surface area contributed by atoms with Crippen LogP contribution in [0.3, 0.4) is 0 Å². The summed E-state index contributed by atoms with van der Waals surface area (Å²) >= 11 is 0. The fraction of sp³-hybridized carbons (Fsp3) is 0.471. The highest BCUT2D eigenvalue weighted by Gasteiger charge is 2.23. The van der Waals surface area contributed by atoms with Gasteiger partial charge in [-0.2, -0.15) is 0 Å². The summed E-state index contributed by atoms with van der Waals surface area (Å²) in [6, 6.07) is 10.6. The summed E-state index contributed by atoms with van der Waals surface area (Å²) in [5, 5.41) is 1.24. The molecular formula is C17H23N3. The van der Waals surface area contributed by atoms with E-state index in [4.69, 9.17) is 5.73 Å². The largest absolute Gasteiger partial charge is 0.370 e. The molecule has 106 valence electrons. The molecule has 3 heteroatoms. The first-order chi connectivity index (χ1) is 9.67. The third-order valence-corrected chi connectivity index (χ3v) is 4.17. The van der Waals surface area contributed by atoms with E-state index in [2.05, 4.69) is 48.0 Å². The lowest BCUT2D eigenvalue weighted by molar-refractivity contribution is 0.357. The topological polar surface area (TPSA) is 42.1 Å². The molecule has 1 aliphatic rings. The van der Waals surface area contributed by atoms with Gasteiger partial charge in [0.1, 0.15) is 0 Å². The Kier molecular flexibility index (Phi) is 3.62. The molecule has 0 radical (unpaired) electrons. The number of anilines is 1. The smallest absolute Gasteiger partial charge is 0.0726 e. The first-order valence-electron chi connectivity index (χ1n) is 7.51. The number of hydrogen-bond acceptors (Lipinski definition) is 3. The number of pyridine rings is 1. The highest BCUT2D eigenvalue weighted by Crippen LogP contribution is 2.31. The van der Waals surface area contributed by atoms with Gasteiger partial charge in [-0.3, -0.25) is 4.98 Å². The van der Waals surface area contributed by atoms with Crippen LogP contribution in [0.15, 0.2) is 30.3 Å². The van der Waals surface area contributed by atoms with Gasteiger partial charge in [0, 0.05) is 30.7 Å². The van der Waals surface area contributed by atoms with Crippen LogP contribution in [-0.2, 0) is 6.54 Å². The van der Waals surface area contributed by atoms with Crippen LogP contribution in [0.1, 0.15) is 26.0 Å². The summed E-state index contributed by atoms with van der Waals surface area (Å²) in [7, 11) is 0. The molecule has 2 atom stereocenters. The SMILES string of the molecule is CC1CC(C)CN(c2cc(CN)nc3ccccc23)C1. The number of hydrogen-bond donors (Lipinski definition) is 1. The number of para-hydroxylation sites is 1. The maximum atomic E-state index is 5.81. The van der Waals surface area contributed by atoms with Crippen LogP contribution in [0.4, 0.5) is 5.69 Å². The van der Waals surface area contributed by atoms with Gasteiger partial charge in [0.25, 0.3) is 0 Å². The molecule has 1 aromatic heterocycles. The minimum atomic E-state index is 0.497. The van der Waals surface area contributed by atoms with Crippen molar-refractivity contribution >= 4 is 16.6 Å². The molecule has 1 aliphatic heterocycles. The summed E-state index contributed by atoms with van der Waals surface area (Å²) in [5.41, 5.74) is 9.14. The second-order valence-electron chi connectivity index (χ2n) is 6.21. The molecule has 1 saturated heterocycles. The lowest BCUT2D eigenvalue weighted by Crippen LogP contribution is -2.38. The predicted molar refractivity (Wildman–Crippen MR) is 84.8 cm³/mol. The Morgan fingerprint density at radius 2 is 1.90 bits per heavy atom. The Labute approximate surface area is 120 Å². The zero-order valence-electron chi connectivity index (χ0n) is 12.3. The van der Waals surface area contributed by atoms with E-state index >= 15 is 0 Å². The van der Waals surface area contributed by atoms with Crippen LogP contribution < -0.4 is 10.6 Å². The van der Waals surface area contributed by atoms with E-state index < -0.39 is 0 Å². The molecule has 0 amide bonds.